The molecule has 1 aliphatic heterocycles. The number of hydrogen-bond acceptors (Lipinski definition) is 3. The number of likely N-dealkylation sites (tertiary alicyclic amines) is 1. The third-order valence-corrected chi connectivity index (χ3v) is 4.13. The van der Waals surface area contributed by atoms with Gasteiger partial charge in [0.25, 0.3) is 0 Å². The van der Waals surface area contributed by atoms with Crippen LogP contribution in [0.25, 0.3) is 0 Å². The Morgan fingerprint density at radius 2 is 2.14 bits per heavy atom. The SMILES string of the molecule is C=C(CO)C[C@]1(C=O)CC(=O)N([C@H](C)c2ccccc2)C1. The third-order valence-electron chi connectivity index (χ3n) is 4.13. The summed E-state index contributed by atoms with van der Waals surface area (Å²) in [5, 5.41) is 9.11. The van der Waals surface area contributed by atoms with E-state index in [9.17, 15) is 9.59 Å². The lowest BCUT2D eigenvalue weighted by molar-refractivity contribution is -0.129. The van der Waals surface area contributed by atoms with Crippen LogP contribution in [0.5, 0.6) is 0 Å². The van der Waals surface area contributed by atoms with Gasteiger partial charge in [-0.1, -0.05) is 42.5 Å². The van der Waals surface area contributed by atoms with Gasteiger partial charge in [-0.15, -0.1) is 0 Å². The molecule has 1 amide bonds. The Morgan fingerprint density at radius 1 is 1.48 bits per heavy atom. The molecule has 1 N–H and O–H groups in total. The first-order chi connectivity index (χ1) is 10.0. The highest BCUT2D eigenvalue weighted by Gasteiger charge is 2.44. The predicted octanol–water partition coefficient (Wildman–Crippen LogP) is 2.10. The monoisotopic (exact) mass is 287 g/mol. The molecular weight excluding hydrogens is 266 g/mol. The van der Waals surface area contributed by atoms with Crippen molar-refractivity contribution in [3.05, 3.63) is 48.0 Å². The smallest absolute Gasteiger partial charge is 0.224 e. The largest absolute Gasteiger partial charge is 0.392 e. The highest BCUT2D eigenvalue weighted by atomic mass is 16.3. The first-order valence-electron chi connectivity index (χ1n) is 7.09. The summed E-state index contributed by atoms with van der Waals surface area (Å²) in [5.74, 6) is -0.0239. The molecule has 4 nitrogen and oxygen atoms in total. The molecule has 21 heavy (non-hydrogen) atoms. The zero-order valence-corrected chi connectivity index (χ0v) is 12.3. The van der Waals surface area contributed by atoms with Crippen molar-refractivity contribution in [3.63, 3.8) is 0 Å². The van der Waals surface area contributed by atoms with Gasteiger partial charge in [0, 0.05) is 13.0 Å². The van der Waals surface area contributed by atoms with Gasteiger partial charge < -0.3 is 14.8 Å². The summed E-state index contributed by atoms with van der Waals surface area (Å²) in [6, 6.07) is 9.70. The fourth-order valence-electron chi connectivity index (χ4n) is 2.94. The number of aldehydes is 1. The van der Waals surface area contributed by atoms with Crippen molar-refractivity contribution in [2.75, 3.05) is 13.2 Å². The maximum atomic E-state index is 12.3. The van der Waals surface area contributed by atoms with E-state index < -0.39 is 5.41 Å². The Bertz CT molecular complexity index is 540. The zero-order valence-electron chi connectivity index (χ0n) is 12.3. The van der Waals surface area contributed by atoms with Crippen LogP contribution in [-0.2, 0) is 9.59 Å². The second-order valence-electron chi connectivity index (χ2n) is 5.85. The van der Waals surface area contributed by atoms with E-state index in [4.69, 9.17) is 5.11 Å². The molecule has 0 saturated carbocycles. The Balaban J connectivity index is 2.18. The lowest BCUT2D eigenvalue weighted by Crippen LogP contribution is -2.32. The van der Waals surface area contributed by atoms with Gasteiger partial charge in [-0.3, -0.25) is 4.79 Å². The Hall–Kier alpha value is -1.94. The van der Waals surface area contributed by atoms with Crippen molar-refractivity contribution in [3.8, 4) is 0 Å². The highest BCUT2D eigenvalue weighted by Crippen LogP contribution is 2.39. The number of aliphatic hydroxyl groups excluding tert-OH is 1. The van der Waals surface area contributed by atoms with E-state index in [1.54, 1.807) is 4.90 Å². The molecule has 1 aromatic rings. The molecule has 2 atom stereocenters. The van der Waals surface area contributed by atoms with E-state index in [1.165, 1.54) is 0 Å². The van der Waals surface area contributed by atoms with Crippen LogP contribution in [0.1, 0.15) is 31.4 Å². The third kappa shape index (κ3) is 3.22. The number of benzene rings is 1. The fraction of sp³-hybridized carbons (Fsp3) is 0.412. The van der Waals surface area contributed by atoms with Gasteiger partial charge in [-0.25, -0.2) is 0 Å². The van der Waals surface area contributed by atoms with E-state index in [2.05, 4.69) is 6.58 Å². The average molecular weight is 287 g/mol. The maximum Gasteiger partial charge on any atom is 0.224 e. The van der Waals surface area contributed by atoms with E-state index >= 15 is 0 Å². The molecule has 1 saturated heterocycles. The van der Waals surface area contributed by atoms with Crippen molar-refractivity contribution in [2.45, 2.75) is 25.8 Å². The molecule has 2 rings (SSSR count). The Morgan fingerprint density at radius 3 is 2.71 bits per heavy atom. The van der Waals surface area contributed by atoms with Gasteiger partial charge in [0.05, 0.1) is 18.1 Å². The van der Waals surface area contributed by atoms with Crippen LogP contribution in [-0.4, -0.2) is 35.4 Å². The zero-order chi connectivity index (χ0) is 15.5. The molecule has 0 unspecified atom stereocenters. The van der Waals surface area contributed by atoms with Gasteiger partial charge in [0.15, 0.2) is 0 Å². The summed E-state index contributed by atoms with van der Waals surface area (Å²) in [4.78, 5) is 25.6. The van der Waals surface area contributed by atoms with Gasteiger partial charge in [-0.05, 0) is 18.9 Å². The van der Waals surface area contributed by atoms with Crippen LogP contribution >= 0.6 is 0 Å². The quantitative estimate of drug-likeness (QED) is 0.644. The minimum absolute atomic E-state index is 0.0239. The molecule has 112 valence electrons. The van der Waals surface area contributed by atoms with Crippen molar-refractivity contribution in [1.29, 1.82) is 0 Å². The first-order valence-corrected chi connectivity index (χ1v) is 7.09. The summed E-state index contributed by atoms with van der Waals surface area (Å²) in [5.41, 5.74) is 0.887. The minimum atomic E-state index is -0.750. The number of aliphatic hydroxyl groups is 1. The minimum Gasteiger partial charge on any atom is -0.392 e. The molecule has 0 bridgehead atoms. The Labute approximate surface area is 125 Å². The van der Waals surface area contributed by atoms with Crippen LogP contribution in [0.3, 0.4) is 0 Å². The molecular formula is C17H21NO3. The lowest BCUT2D eigenvalue weighted by Gasteiger charge is -2.28. The number of rotatable bonds is 6. The molecule has 1 heterocycles. The van der Waals surface area contributed by atoms with Crippen LogP contribution in [0.2, 0.25) is 0 Å². The molecule has 1 aromatic carbocycles. The number of amides is 1. The standard InChI is InChI=1S/C17H21NO3/c1-13(10-19)8-17(12-20)9-16(21)18(11-17)14(2)15-6-4-3-5-7-15/h3-7,12,14,19H,1,8-11H2,2H3/t14-,17+/m1/s1. The number of carbonyl (C=O) groups is 2. The summed E-state index contributed by atoms with van der Waals surface area (Å²) in [7, 11) is 0. The lowest BCUT2D eigenvalue weighted by atomic mass is 9.82. The van der Waals surface area contributed by atoms with Gasteiger partial charge in [0.1, 0.15) is 6.29 Å². The first kappa shape index (κ1) is 15.4. The highest BCUT2D eigenvalue weighted by molar-refractivity contribution is 5.85. The summed E-state index contributed by atoms with van der Waals surface area (Å²) >= 11 is 0. The van der Waals surface area contributed by atoms with Gasteiger partial charge in [0.2, 0.25) is 5.91 Å². The summed E-state index contributed by atoms with van der Waals surface area (Å²) in [6.07, 6.45) is 1.40. The predicted molar refractivity (Wildman–Crippen MR) is 80.5 cm³/mol. The number of carbonyl (C=O) groups excluding carboxylic acids is 2. The normalized spacial score (nSPS) is 23.1. The van der Waals surface area contributed by atoms with E-state index in [0.717, 1.165) is 11.8 Å². The van der Waals surface area contributed by atoms with Crippen LogP contribution in [0, 0.1) is 5.41 Å². The van der Waals surface area contributed by atoms with Gasteiger partial charge >= 0.3 is 0 Å². The molecule has 1 aliphatic rings. The van der Waals surface area contributed by atoms with Crippen molar-refractivity contribution in [2.24, 2.45) is 5.41 Å². The fourth-order valence-corrected chi connectivity index (χ4v) is 2.94. The number of nitrogens with zero attached hydrogens (tertiary/aromatic N) is 1. The topological polar surface area (TPSA) is 57.6 Å². The van der Waals surface area contributed by atoms with Crippen molar-refractivity contribution in [1.82, 2.24) is 4.90 Å². The molecule has 1 fully saturated rings. The van der Waals surface area contributed by atoms with Crippen molar-refractivity contribution < 1.29 is 14.7 Å². The Kier molecular flexibility index (Phi) is 4.58. The van der Waals surface area contributed by atoms with Crippen molar-refractivity contribution >= 4 is 12.2 Å². The van der Waals surface area contributed by atoms with Crippen LogP contribution < -0.4 is 0 Å². The second kappa shape index (κ2) is 6.22. The molecule has 0 spiro atoms. The van der Waals surface area contributed by atoms with E-state index in [-0.39, 0.29) is 25.0 Å². The molecule has 0 radical (unpaired) electrons. The van der Waals surface area contributed by atoms with E-state index in [1.807, 2.05) is 37.3 Å². The van der Waals surface area contributed by atoms with Crippen LogP contribution in [0.4, 0.5) is 0 Å². The number of hydrogen-bond donors (Lipinski definition) is 1. The van der Waals surface area contributed by atoms with Crippen LogP contribution in [0.15, 0.2) is 42.5 Å². The summed E-state index contributed by atoms with van der Waals surface area (Å²) in [6.45, 7) is 5.94. The molecule has 0 aromatic heterocycles. The molecule has 4 heteroatoms. The molecule has 0 aliphatic carbocycles. The average Bonchev–Trinajstić information content (AvgIpc) is 2.84. The van der Waals surface area contributed by atoms with Gasteiger partial charge in [-0.2, -0.15) is 0 Å². The second-order valence-corrected chi connectivity index (χ2v) is 5.85. The summed E-state index contributed by atoms with van der Waals surface area (Å²) < 4.78 is 0. The van der Waals surface area contributed by atoms with E-state index in [0.29, 0.717) is 18.5 Å². The maximum absolute atomic E-state index is 12.3.